The summed E-state index contributed by atoms with van der Waals surface area (Å²) in [6.07, 6.45) is 0. The van der Waals surface area contributed by atoms with Crippen molar-refractivity contribution in [2.75, 3.05) is 4.90 Å². The van der Waals surface area contributed by atoms with E-state index < -0.39 is 0 Å². The maximum atomic E-state index is 9.45. The number of anilines is 3. The number of rotatable bonds is 3. The normalized spacial score (nSPS) is 13.5. The second kappa shape index (κ2) is 9.48. The molecule has 0 aliphatic carbocycles. The van der Waals surface area contributed by atoms with E-state index in [1.807, 2.05) is 12.1 Å². The molecule has 0 unspecified atom stereocenters. The molecule has 43 heavy (non-hydrogen) atoms. The number of fused-ring (bicyclic) bond motifs is 5. The third-order valence-electron chi connectivity index (χ3n) is 8.98. The second-order valence-electron chi connectivity index (χ2n) is 11.8. The van der Waals surface area contributed by atoms with Crippen molar-refractivity contribution in [1.29, 1.82) is 5.26 Å². The summed E-state index contributed by atoms with van der Waals surface area (Å²) in [5.74, 6) is 0. The minimum absolute atomic E-state index is 0.135. The number of hydrogen-bond donors (Lipinski definition) is 0. The van der Waals surface area contributed by atoms with Gasteiger partial charge < -0.3 is 9.47 Å². The van der Waals surface area contributed by atoms with Gasteiger partial charge in [-0.15, -0.1) is 0 Å². The minimum atomic E-state index is -0.135. The molecule has 1 aliphatic heterocycles. The average Bonchev–Trinajstić information content (AvgIpc) is 3.39. The zero-order valence-corrected chi connectivity index (χ0v) is 24.1. The Hall–Kier alpha value is -5.59. The predicted octanol–water partition coefficient (Wildman–Crippen LogP) is 10.4. The van der Waals surface area contributed by atoms with Crippen LogP contribution in [0.2, 0.25) is 0 Å². The Morgan fingerprint density at radius 3 is 1.63 bits per heavy atom. The van der Waals surface area contributed by atoms with Gasteiger partial charge in [0.05, 0.1) is 34.0 Å². The summed E-state index contributed by atoms with van der Waals surface area (Å²) >= 11 is 0. The molecule has 1 aliphatic rings. The van der Waals surface area contributed by atoms with E-state index >= 15 is 0 Å². The van der Waals surface area contributed by atoms with Gasteiger partial charge in [-0.1, -0.05) is 98.8 Å². The van der Waals surface area contributed by atoms with Crippen LogP contribution in [0.5, 0.6) is 0 Å². The summed E-state index contributed by atoms with van der Waals surface area (Å²) in [5.41, 5.74) is 12.2. The second-order valence-corrected chi connectivity index (χ2v) is 11.8. The number of nitrogens with zero attached hydrogens (tertiary/aromatic N) is 3. The molecule has 204 valence electrons. The first kappa shape index (κ1) is 25.1. The van der Waals surface area contributed by atoms with Gasteiger partial charge in [-0.25, -0.2) is 0 Å². The van der Waals surface area contributed by atoms with E-state index in [4.69, 9.17) is 0 Å². The lowest BCUT2D eigenvalue weighted by atomic mass is 9.73. The first-order valence-electron chi connectivity index (χ1n) is 14.7. The maximum Gasteiger partial charge on any atom is 0.0991 e. The lowest BCUT2D eigenvalue weighted by molar-refractivity contribution is 0.632. The van der Waals surface area contributed by atoms with Crippen LogP contribution in [0, 0.1) is 11.3 Å². The Morgan fingerprint density at radius 2 is 1.05 bits per heavy atom. The highest BCUT2D eigenvalue weighted by Gasteiger charge is 2.36. The van der Waals surface area contributed by atoms with Crippen LogP contribution in [0.1, 0.15) is 30.5 Å². The van der Waals surface area contributed by atoms with Crippen molar-refractivity contribution < 1.29 is 0 Å². The van der Waals surface area contributed by atoms with Gasteiger partial charge in [-0.3, -0.25) is 0 Å². The van der Waals surface area contributed by atoms with Gasteiger partial charge in [-0.2, -0.15) is 5.26 Å². The van der Waals surface area contributed by atoms with Crippen molar-refractivity contribution in [2.24, 2.45) is 0 Å². The Labute approximate surface area is 251 Å². The summed E-state index contributed by atoms with van der Waals surface area (Å²) in [4.78, 5) is 2.42. The molecule has 6 aromatic carbocycles. The van der Waals surface area contributed by atoms with Gasteiger partial charge >= 0.3 is 0 Å². The highest BCUT2D eigenvalue weighted by Crippen LogP contribution is 2.52. The van der Waals surface area contributed by atoms with Gasteiger partial charge in [0.15, 0.2) is 0 Å². The predicted molar refractivity (Wildman–Crippen MR) is 178 cm³/mol. The van der Waals surface area contributed by atoms with Crippen molar-refractivity contribution in [3.63, 3.8) is 0 Å². The molecular formula is C40H29N3. The van der Waals surface area contributed by atoms with Crippen molar-refractivity contribution in [3.8, 4) is 22.9 Å². The van der Waals surface area contributed by atoms with Crippen LogP contribution in [-0.2, 0) is 5.41 Å². The van der Waals surface area contributed by atoms with E-state index in [-0.39, 0.29) is 5.41 Å². The van der Waals surface area contributed by atoms with Crippen LogP contribution >= 0.6 is 0 Å². The molecule has 0 amide bonds. The molecule has 0 saturated carbocycles. The van der Waals surface area contributed by atoms with Crippen molar-refractivity contribution in [1.82, 2.24) is 4.57 Å². The van der Waals surface area contributed by atoms with E-state index in [0.29, 0.717) is 5.56 Å². The van der Waals surface area contributed by atoms with Gasteiger partial charge in [0.1, 0.15) is 0 Å². The lowest BCUT2D eigenvalue weighted by Gasteiger charge is -2.42. The Balaban J connectivity index is 1.45. The number of hydrogen-bond acceptors (Lipinski definition) is 2. The molecular weight excluding hydrogens is 522 g/mol. The molecule has 0 N–H and O–H groups in total. The SMILES string of the molecule is CC1(C)c2ccccc2N(c2cc(-c3ccc(C#N)cc3)cc(-n3c4ccccc4c4ccccc43)c2)c2ccccc21. The van der Waals surface area contributed by atoms with Crippen molar-refractivity contribution in [3.05, 3.63) is 156 Å². The fourth-order valence-corrected chi connectivity index (χ4v) is 6.91. The molecule has 0 saturated heterocycles. The van der Waals surface area contributed by atoms with Crippen LogP contribution in [-0.4, -0.2) is 4.57 Å². The van der Waals surface area contributed by atoms with Gasteiger partial charge in [0, 0.05) is 27.6 Å². The molecule has 3 heteroatoms. The Kier molecular flexibility index (Phi) is 5.54. The summed E-state index contributed by atoms with van der Waals surface area (Å²) < 4.78 is 2.38. The van der Waals surface area contributed by atoms with E-state index in [0.717, 1.165) is 22.5 Å². The molecule has 0 radical (unpaired) electrons. The molecule has 1 aromatic heterocycles. The molecule has 0 spiro atoms. The van der Waals surface area contributed by atoms with Gasteiger partial charge in [0.25, 0.3) is 0 Å². The number of nitriles is 1. The fourth-order valence-electron chi connectivity index (χ4n) is 6.91. The van der Waals surface area contributed by atoms with E-state index in [1.54, 1.807) is 0 Å². The zero-order chi connectivity index (χ0) is 29.1. The highest BCUT2D eigenvalue weighted by atomic mass is 15.2. The topological polar surface area (TPSA) is 32.0 Å². The number of para-hydroxylation sites is 4. The maximum absolute atomic E-state index is 9.45. The highest BCUT2D eigenvalue weighted by molar-refractivity contribution is 6.09. The number of benzene rings is 6. The summed E-state index contributed by atoms with van der Waals surface area (Å²) in [6, 6.07) is 51.9. The lowest BCUT2D eigenvalue weighted by Crippen LogP contribution is -2.30. The molecule has 8 rings (SSSR count). The van der Waals surface area contributed by atoms with Crippen molar-refractivity contribution in [2.45, 2.75) is 19.3 Å². The van der Waals surface area contributed by atoms with Crippen LogP contribution in [0.4, 0.5) is 17.1 Å². The molecule has 0 bridgehead atoms. The molecule has 0 fully saturated rings. The monoisotopic (exact) mass is 551 g/mol. The third-order valence-corrected chi connectivity index (χ3v) is 8.98. The first-order chi connectivity index (χ1) is 21.0. The van der Waals surface area contributed by atoms with Gasteiger partial charge in [-0.05, 0) is 76.9 Å². The molecule has 0 atom stereocenters. The summed E-state index contributed by atoms with van der Waals surface area (Å²) in [5, 5.41) is 11.9. The van der Waals surface area contributed by atoms with Crippen molar-refractivity contribution >= 4 is 38.9 Å². The quantitative estimate of drug-likeness (QED) is 0.219. The smallest absolute Gasteiger partial charge is 0.0991 e. The standard InChI is InChI=1S/C40H29N3/c1-40(2)34-13-5-9-17-38(34)43(39-18-10-6-14-35(39)40)31-24-29(28-21-19-27(26-41)20-22-28)23-30(25-31)42-36-15-7-3-11-32(36)33-12-4-8-16-37(33)42/h3-25H,1-2H3. The number of aromatic nitrogens is 1. The van der Waals surface area contributed by atoms with E-state index in [9.17, 15) is 5.26 Å². The fraction of sp³-hybridized carbons (Fsp3) is 0.0750. The van der Waals surface area contributed by atoms with Crippen LogP contribution in [0.3, 0.4) is 0 Å². The average molecular weight is 552 g/mol. The largest absolute Gasteiger partial charge is 0.310 e. The first-order valence-corrected chi connectivity index (χ1v) is 14.7. The summed E-state index contributed by atoms with van der Waals surface area (Å²) in [6.45, 7) is 4.64. The van der Waals surface area contributed by atoms with E-state index in [1.165, 1.54) is 44.3 Å². The van der Waals surface area contributed by atoms with Crippen LogP contribution in [0.15, 0.2) is 140 Å². The molecule has 7 aromatic rings. The minimum Gasteiger partial charge on any atom is -0.310 e. The molecule has 3 nitrogen and oxygen atoms in total. The van der Waals surface area contributed by atoms with E-state index in [2.05, 4.69) is 157 Å². The van der Waals surface area contributed by atoms with Crippen LogP contribution < -0.4 is 4.90 Å². The third kappa shape index (κ3) is 3.81. The van der Waals surface area contributed by atoms with Crippen LogP contribution in [0.25, 0.3) is 38.6 Å². The molecule has 2 heterocycles. The zero-order valence-electron chi connectivity index (χ0n) is 24.1. The summed E-state index contributed by atoms with van der Waals surface area (Å²) in [7, 11) is 0. The van der Waals surface area contributed by atoms with Gasteiger partial charge in [0.2, 0.25) is 0 Å². The Bertz CT molecular complexity index is 2130. The Morgan fingerprint density at radius 1 is 0.535 bits per heavy atom.